The fourth-order valence-electron chi connectivity index (χ4n) is 1.33. The van der Waals surface area contributed by atoms with Gasteiger partial charge in [-0.2, -0.15) is 4.98 Å². The standard InChI is InChI=1S/C12H9ClF2N2O/c1-16-11-8(14)6-9(15)12(17-11)18-10-5-3-2-4-7(10)13/h2-6H,1H3,(H,16,17). The monoisotopic (exact) mass is 270 g/mol. The molecule has 1 aromatic heterocycles. The van der Waals surface area contributed by atoms with Crippen molar-refractivity contribution >= 4 is 17.4 Å². The van der Waals surface area contributed by atoms with Crippen molar-refractivity contribution in [3.05, 3.63) is 47.0 Å². The van der Waals surface area contributed by atoms with Gasteiger partial charge in [-0.1, -0.05) is 23.7 Å². The molecule has 0 radical (unpaired) electrons. The van der Waals surface area contributed by atoms with Crippen molar-refractivity contribution in [2.24, 2.45) is 0 Å². The van der Waals surface area contributed by atoms with E-state index in [1.54, 1.807) is 24.3 Å². The summed E-state index contributed by atoms with van der Waals surface area (Å²) in [6.07, 6.45) is 0. The van der Waals surface area contributed by atoms with E-state index >= 15 is 0 Å². The third kappa shape index (κ3) is 2.51. The topological polar surface area (TPSA) is 34.2 Å². The van der Waals surface area contributed by atoms with E-state index in [0.29, 0.717) is 11.1 Å². The molecule has 0 amide bonds. The van der Waals surface area contributed by atoms with E-state index in [9.17, 15) is 8.78 Å². The van der Waals surface area contributed by atoms with Gasteiger partial charge in [0.05, 0.1) is 5.02 Å². The summed E-state index contributed by atoms with van der Waals surface area (Å²) in [7, 11) is 1.47. The van der Waals surface area contributed by atoms with Gasteiger partial charge in [0.15, 0.2) is 17.5 Å². The Morgan fingerprint density at radius 1 is 1.22 bits per heavy atom. The van der Waals surface area contributed by atoms with Crippen LogP contribution in [0.1, 0.15) is 0 Å². The molecule has 0 bridgehead atoms. The number of rotatable bonds is 3. The summed E-state index contributed by atoms with van der Waals surface area (Å²) in [5.41, 5.74) is 0. The van der Waals surface area contributed by atoms with Crippen molar-refractivity contribution < 1.29 is 13.5 Å². The van der Waals surface area contributed by atoms with E-state index in [4.69, 9.17) is 16.3 Å². The molecule has 1 N–H and O–H groups in total. The van der Waals surface area contributed by atoms with Crippen LogP contribution in [0.15, 0.2) is 30.3 Å². The van der Waals surface area contributed by atoms with Gasteiger partial charge in [-0.25, -0.2) is 8.78 Å². The van der Waals surface area contributed by atoms with Crippen LogP contribution in [0.3, 0.4) is 0 Å². The molecule has 2 aromatic rings. The highest BCUT2D eigenvalue weighted by atomic mass is 35.5. The molecule has 94 valence electrons. The molecule has 0 saturated carbocycles. The highest BCUT2D eigenvalue weighted by molar-refractivity contribution is 6.32. The number of hydrogen-bond acceptors (Lipinski definition) is 3. The first kappa shape index (κ1) is 12.6. The summed E-state index contributed by atoms with van der Waals surface area (Å²) in [6.45, 7) is 0. The third-order valence-corrected chi connectivity index (χ3v) is 2.49. The largest absolute Gasteiger partial charge is 0.435 e. The average molecular weight is 271 g/mol. The van der Waals surface area contributed by atoms with Crippen LogP contribution in [0, 0.1) is 11.6 Å². The minimum Gasteiger partial charge on any atom is -0.435 e. The molecule has 2 rings (SSSR count). The lowest BCUT2D eigenvalue weighted by atomic mass is 10.3. The Balaban J connectivity index is 2.38. The van der Waals surface area contributed by atoms with Crippen LogP contribution in [0.2, 0.25) is 5.02 Å². The van der Waals surface area contributed by atoms with Crippen molar-refractivity contribution in [3.8, 4) is 11.6 Å². The van der Waals surface area contributed by atoms with Gasteiger partial charge in [0.2, 0.25) is 0 Å². The van der Waals surface area contributed by atoms with Crippen LogP contribution >= 0.6 is 11.6 Å². The van der Waals surface area contributed by atoms with Gasteiger partial charge in [0.25, 0.3) is 5.88 Å². The van der Waals surface area contributed by atoms with E-state index in [-0.39, 0.29) is 17.4 Å². The Bertz CT molecular complexity index is 578. The first-order valence-corrected chi connectivity index (χ1v) is 5.46. The van der Waals surface area contributed by atoms with Crippen molar-refractivity contribution in [3.63, 3.8) is 0 Å². The van der Waals surface area contributed by atoms with Gasteiger partial charge in [-0.05, 0) is 12.1 Å². The molecule has 0 aliphatic heterocycles. The number of hydrogen-bond donors (Lipinski definition) is 1. The summed E-state index contributed by atoms with van der Waals surface area (Å²) in [5.74, 6) is -1.88. The summed E-state index contributed by atoms with van der Waals surface area (Å²) in [5, 5.41) is 2.81. The zero-order valence-corrected chi connectivity index (χ0v) is 10.1. The van der Waals surface area contributed by atoms with Crippen LogP contribution in [-0.4, -0.2) is 12.0 Å². The van der Waals surface area contributed by atoms with Gasteiger partial charge >= 0.3 is 0 Å². The van der Waals surface area contributed by atoms with E-state index in [1.165, 1.54) is 7.05 Å². The van der Waals surface area contributed by atoms with E-state index in [1.807, 2.05) is 0 Å². The maximum atomic E-state index is 13.5. The van der Waals surface area contributed by atoms with Crippen LogP contribution in [0.4, 0.5) is 14.6 Å². The van der Waals surface area contributed by atoms with Crippen LogP contribution in [-0.2, 0) is 0 Å². The number of anilines is 1. The smallest absolute Gasteiger partial charge is 0.258 e. The lowest BCUT2D eigenvalue weighted by molar-refractivity contribution is 0.418. The second-order valence-electron chi connectivity index (χ2n) is 3.39. The van der Waals surface area contributed by atoms with Gasteiger partial charge < -0.3 is 10.1 Å². The van der Waals surface area contributed by atoms with E-state index < -0.39 is 11.6 Å². The third-order valence-electron chi connectivity index (χ3n) is 2.18. The molecular weight excluding hydrogens is 262 g/mol. The summed E-state index contributed by atoms with van der Waals surface area (Å²) in [6, 6.07) is 7.25. The highest BCUT2D eigenvalue weighted by Crippen LogP contribution is 2.30. The quantitative estimate of drug-likeness (QED) is 0.920. The van der Waals surface area contributed by atoms with Crippen LogP contribution in [0.5, 0.6) is 11.6 Å². The molecule has 0 atom stereocenters. The SMILES string of the molecule is CNc1nc(Oc2ccccc2Cl)c(F)cc1F. The molecule has 3 nitrogen and oxygen atoms in total. The number of pyridine rings is 1. The number of halogens is 3. The minimum atomic E-state index is -0.897. The fourth-order valence-corrected chi connectivity index (χ4v) is 1.50. The number of benzene rings is 1. The second-order valence-corrected chi connectivity index (χ2v) is 3.80. The van der Waals surface area contributed by atoms with Gasteiger partial charge in [-0.3, -0.25) is 0 Å². The van der Waals surface area contributed by atoms with Crippen molar-refractivity contribution in [1.82, 2.24) is 4.98 Å². The Kier molecular flexibility index (Phi) is 3.62. The van der Waals surface area contributed by atoms with Crippen LogP contribution in [0.25, 0.3) is 0 Å². The van der Waals surface area contributed by atoms with Crippen molar-refractivity contribution in [1.29, 1.82) is 0 Å². The number of aromatic nitrogens is 1. The predicted octanol–water partition coefficient (Wildman–Crippen LogP) is 3.85. The number of ether oxygens (including phenoxy) is 1. The van der Waals surface area contributed by atoms with Gasteiger partial charge in [0.1, 0.15) is 5.75 Å². The molecule has 0 spiro atoms. The zero-order valence-electron chi connectivity index (χ0n) is 9.38. The molecule has 6 heteroatoms. The second kappa shape index (κ2) is 5.18. The number of nitrogens with one attached hydrogen (secondary N) is 1. The zero-order chi connectivity index (χ0) is 13.1. The first-order chi connectivity index (χ1) is 8.61. The summed E-state index contributed by atoms with van der Waals surface area (Å²) < 4.78 is 31.9. The average Bonchev–Trinajstić information content (AvgIpc) is 2.35. The Morgan fingerprint density at radius 3 is 2.61 bits per heavy atom. The summed E-state index contributed by atoms with van der Waals surface area (Å²) >= 11 is 5.87. The minimum absolute atomic E-state index is 0.0987. The number of para-hydroxylation sites is 1. The summed E-state index contributed by atoms with van der Waals surface area (Å²) in [4.78, 5) is 3.68. The maximum Gasteiger partial charge on any atom is 0.258 e. The fraction of sp³-hybridized carbons (Fsp3) is 0.0833. The lowest BCUT2D eigenvalue weighted by Gasteiger charge is -2.09. The lowest BCUT2D eigenvalue weighted by Crippen LogP contribution is -2.01. The predicted molar refractivity (Wildman–Crippen MR) is 65.2 cm³/mol. The van der Waals surface area contributed by atoms with E-state index in [2.05, 4.69) is 10.3 Å². The van der Waals surface area contributed by atoms with E-state index in [0.717, 1.165) is 0 Å². The molecule has 0 saturated heterocycles. The van der Waals surface area contributed by atoms with Gasteiger partial charge in [0, 0.05) is 13.1 Å². The maximum absolute atomic E-state index is 13.5. The molecule has 18 heavy (non-hydrogen) atoms. The Labute approximate surface area is 107 Å². The molecule has 0 unspecified atom stereocenters. The molecule has 1 aromatic carbocycles. The molecular formula is C12H9ClF2N2O. The molecule has 0 fully saturated rings. The van der Waals surface area contributed by atoms with Crippen LogP contribution < -0.4 is 10.1 Å². The van der Waals surface area contributed by atoms with Gasteiger partial charge in [-0.15, -0.1) is 0 Å². The van der Waals surface area contributed by atoms with Crippen molar-refractivity contribution in [2.45, 2.75) is 0 Å². The molecule has 1 heterocycles. The Morgan fingerprint density at radius 2 is 1.94 bits per heavy atom. The first-order valence-electron chi connectivity index (χ1n) is 5.08. The molecule has 0 aliphatic carbocycles. The number of nitrogens with zero attached hydrogens (tertiary/aromatic N) is 1. The Hall–Kier alpha value is -1.88. The van der Waals surface area contributed by atoms with Crippen molar-refractivity contribution in [2.75, 3.05) is 12.4 Å². The highest BCUT2D eigenvalue weighted by Gasteiger charge is 2.13. The normalized spacial score (nSPS) is 10.2. The molecule has 0 aliphatic rings.